The molecule has 0 aliphatic heterocycles. The van der Waals surface area contributed by atoms with Crippen molar-refractivity contribution in [1.82, 2.24) is 29.5 Å². The quantitative estimate of drug-likeness (QED) is 0.116. The summed E-state index contributed by atoms with van der Waals surface area (Å²) in [4.78, 5) is 22.3. The zero-order chi connectivity index (χ0) is 36.7. The van der Waals surface area contributed by atoms with Crippen LogP contribution in [-0.2, 0) is 52.3 Å². The molecule has 0 radical (unpaired) electrons. The monoisotopic (exact) mass is 993 g/mol. The van der Waals surface area contributed by atoms with Crippen molar-refractivity contribution in [2.75, 3.05) is 0 Å². The van der Waals surface area contributed by atoms with Gasteiger partial charge in [-0.2, -0.15) is 21.9 Å². The number of hydrogen-bond acceptors (Lipinski definition) is 7. The summed E-state index contributed by atoms with van der Waals surface area (Å²) in [6.45, 7) is 13.2. The van der Waals surface area contributed by atoms with Crippen LogP contribution in [0.3, 0.4) is 0 Å². The second-order valence-electron chi connectivity index (χ2n) is 14.8. The average Bonchev–Trinajstić information content (AvgIpc) is 3.48. The van der Waals surface area contributed by atoms with Gasteiger partial charge in [0.1, 0.15) is 12.7 Å². The van der Waals surface area contributed by atoms with Gasteiger partial charge in [-0.3, -0.25) is 0 Å². The van der Waals surface area contributed by atoms with Crippen molar-refractivity contribution in [3.63, 3.8) is 0 Å². The first-order valence-electron chi connectivity index (χ1n) is 17.4. The number of aromatic nitrogens is 6. The number of ether oxygens (including phenoxy) is 2. The molecule has 8 aromatic rings. The smallest absolute Gasteiger partial charge is 0.503 e. The Kier molecular flexibility index (Phi) is 11.5. The zero-order valence-electron chi connectivity index (χ0n) is 31.0. The second kappa shape index (κ2) is 16.0. The third-order valence-corrected chi connectivity index (χ3v) is 8.90. The zero-order valence-corrected chi connectivity index (χ0v) is 34.9. The minimum Gasteiger partial charge on any atom is -0.503 e. The number of hydrogen-bond donors (Lipinski definition) is 0. The molecule has 4 aromatic carbocycles. The first kappa shape index (κ1) is 39.6. The van der Waals surface area contributed by atoms with Crippen LogP contribution in [0.15, 0.2) is 110 Å². The SMILES string of the molecule is CC(C)(C)c1cc(Oc2[c-]c(-c3ccccn3)ccc2)[c-]c2c1c1c(C(C)(C)C)cc(Oc3[c-]c(-c4ccccn4)ccc3)[c-]c1n2-c1ncncn1.[Pd+2].[Pt+2]. The van der Waals surface area contributed by atoms with E-state index < -0.39 is 0 Å². The molecule has 55 heavy (non-hydrogen) atoms. The summed E-state index contributed by atoms with van der Waals surface area (Å²) in [5.41, 5.74) is 6.34. The molecule has 8 rings (SSSR count). The molecule has 0 bridgehead atoms. The van der Waals surface area contributed by atoms with Crippen LogP contribution in [0.2, 0.25) is 0 Å². The molecule has 0 amide bonds. The Morgan fingerprint density at radius 1 is 0.527 bits per heavy atom. The van der Waals surface area contributed by atoms with Gasteiger partial charge in [0.25, 0.3) is 0 Å². The van der Waals surface area contributed by atoms with Crippen molar-refractivity contribution in [1.29, 1.82) is 0 Å². The van der Waals surface area contributed by atoms with E-state index in [0.29, 0.717) is 28.9 Å². The van der Waals surface area contributed by atoms with Gasteiger partial charge >= 0.3 is 41.5 Å². The molecule has 8 nitrogen and oxygen atoms in total. The average molecular weight is 994 g/mol. The van der Waals surface area contributed by atoms with E-state index in [4.69, 9.17) is 9.47 Å². The summed E-state index contributed by atoms with van der Waals surface area (Å²) in [7, 11) is 0. The van der Waals surface area contributed by atoms with Crippen LogP contribution < -0.4 is 9.47 Å². The molecule has 0 spiro atoms. The van der Waals surface area contributed by atoms with Crippen molar-refractivity contribution in [2.45, 2.75) is 52.4 Å². The van der Waals surface area contributed by atoms with Crippen molar-refractivity contribution in [3.05, 3.63) is 145 Å². The molecule has 0 unspecified atom stereocenters. The molecule has 4 heterocycles. The fraction of sp³-hybridized carbons (Fsp3) is 0.178. The number of fused-ring (bicyclic) bond motifs is 3. The molecule has 0 aliphatic rings. The van der Waals surface area contributed by atoms with Gasteiger partial charge in [-0.15, -0.1) is 71.8 Å². The molecule has 0 saturated heterocycles. The Morgan fingerprint density at radius 2 is 0.982 bits per heavy atom. The van der Waals surface area contributed by atoms with Gasteiger partial charge in [0.05, 0.1) is 0 Å². The topological polar surface area (TPSA) is 87.8 Å². The van der Waals surface area contributed by atoms with Crippen molar-refractivity contribution >= 4 is 21.8 Å². The molecule has 0 N–H and O–H groups in total. The normalized spacial score (nSPS) is 11.5. The summed E-state index contributed by atoms with van der Waals surface area (Å²) < 4.78 is 15.1. The molecule has 0 aliphatic carbocycles. The van der Waals surface area contributed by atoms with Crippen LogP contribution in [0.4, 0.5) is 0 Å². The molecule has 0 fully saturated rings. The minimum atomic E-state index is -0.297. The van der Waals surface area contributed by atoms with E-state index in [1.165, 1.54) is 12.7 Å². The third-order valence-electron chi connectivity index (χ3n) is 8.90. The maximum atomic E-state index is 6.57. The number of benzene rings is 4. The van der Waals surface area contributed by atoms with E-state index >= 15 is 0 Å². The Morgan fingerprint density at radius 3 is 1.38 bits per heavy atom. The van der Waals surface area contributed by atoms with E-state index in [9.17, 15) is 0 Å². The fourth-order valence-corrected chi connectivity index (χ4v) is 6.48. The summed E-state index contributed by atoms with van der Waals surface area (Å²) in [5.74, 6) is 2.59. The summed E-state index contributed by atoms with van der Waals surface area (Å²) in [6, 6.07) is 41.4. The van der Waals surface area contributed by atoms with E-state index in [2.05, 4.69) is 103 Å². The van der Waals surface area contributed by atoms with Gasteiger partial charge in [0.2, 0.25) is 5.95 Å². The maximum Gasteiger partial charge on any atom is 2.00 e. The van der Waals surface area contributed by atoms with Gasteiger partial charge < -0.3 is 24.0 Å². The van der Waals surface area contributed by atoms with E-state index in [1.807, 2.05) is 77.4 Å². The van der Waals surface area contributed by atoms with Gasteiger partial charge in [-0.1, -0.05) is 89.0 Å². The predicted molar refractivity (Wildman–Crippen MR) is 206 cm³/mol. The third kappa shape index (κ3) is 8.16. The molecular formula is C45H36N6O2PdPt. The Hall–Kier alpha value is -5.06. The summed E-state index contributed by atoms with van der Waals surface area (Å²) in [6.07, 6.45) is 6.52. The van der Waals surface area contributed by atoms with E-state index in [0.717, 1.165) is 55.4 Å². The Bertz CT molecular complexity index is 2430. The standard InChI is InChI=1S/C45H36N6O2.Pd.Pt/c1-44(2,3)35-23-33(52-31-15-11-13-29(21-31)37-17-7-9-19-47-37)25-39-41(35)42-36(45(4,5)6)24-34(26-40(42)51(39)43-49-27-46-28-50-43)53-32-16-12-14-30(22-32)38-18-8-10-20-48-38;;/h7-20,23-24,27-28H,1-6H3;;/q-4;2*+2. The van der Waals surface area contributed by atoms with E-state index in [-0.39, 0.29) is 52.3 Å². The van der Waals surface area contributed by atoms with Gasteiger partial charge in [-0.05, 0) is 34.4 Å². The largest absolute Gasteiger partial charge is 2.00 e. The van der Waals surface area contributed by atoms with Gasteiger partial charge in [0.15, 0.2) is 0 Å². The number of pyridine rings is 2. The fourth-order valence-electron chi connectivity index (χ4n) is 6.48. The Labute approximate surface area is 349 Å². The van der Waals surface area contributed by atoms with Crippen LogP contribution in [0.25, 0.3) is 50.3 Å². The van der Waals surface area contributed by atoms with Crippen LogP contribution >= 0.6 is 0 Å². The van der Waals surface area contributed by atoms with Crippen molar-refractivity contribution < 1.29 is 51.0 Å². The summed E-state index contributed by atoms with van der Waals surface area (Å²) in [5, 5.41) is 2.03. The van der Waals surface area contributed by atoms with Crippen LogP contribution in [-0.4, -0.2) is 29.5 Å². The van der Waals surface area contributed by atoms with Crippen molar-refractivity contribution in [3.8, 4) is 51.5 Å². The molecule has 10 heteroatoms. The number of rotatable bonds is 7. The second-order valence-corrected chi connectivity index (χ2v) is 14.8. The first-order valence-corrected chi connectivity index (χ1v) is 17.4. The molecule has 4 aromatic heterocycles. The molecule has 278 valence electrons. The molecular weight excluding hydrogens is 958 g/mol. The maximum absolute atomic E-state index is 6.57. The molecule has 0 saturated carbocycles. The predicted octanol–water partition coefficient (Wildman–Crippen LogP) is 10.5. The van der Waals surface area contributed by atoms with Crippen LogP contribution in [0.1, 0.15) is 52.7 Å². The van der Waals surface area contributed by atoms with Crippen molar-refractivity contribution in [2.24, 2.45) is 0 Å². The minimum absolute atomic E-state index is 0. The summed E-state index contributed by atoms with van der Waals surface area (Å²) >= 11 is 0. The van der Waals surface area contributed by atoms with Gasteiger partial charge in [0, 0.05) is 35.4 Å². The first-order chi connectivity index (χ1) is 25.5. The Balaban J connectivity index is 0.00000257. The molecule has 0 atom stereocenters. The van der Waals surface area contributed by atoms with Gasteiger partial charge in [-0.25, -0.2) is 15.0 Å². The van der Waals surface area contributed by atoms with Crippen LogP contribution in [0.5, 0.6) is 23.0 Å². The number of nitrogens with zero attached hydrogens (tertiary/aromatic N) is 6. The van der Waals surface area contributed by atoms with Crippen LogP contribution in [0, 0.1) is 24.3 Å². The van der Waals surface area contributed by atoms with E-state index in [1.54, 1.807) is 12.4 Å².